The van der Waals surface area contributed by atoms with Crippen molar-refractivity contribution in [3.63, 3.8) is 0 Å². The largest absolute Gasteiger partial charge is 0.372 e. The van der Waals surface area contributed by atoms with Gasteiger partial charge in [0, 0.05) is 23.5 Å². The summed E-state index contributed by atoms with van der Waals surface area (Å²) in [5.41, 5.74) is 4.11. The summed E-state index contributed by atoms with van der Waals surface area (Å²) in [5.74, 6) is -0.404. The van der Waals surface area contributed by atoms with Crippen LogP contribution < -0.4 is 10.6 Å². The molecular weight excluding hydrogens is 304 g/mol. The molecule has 0 aromatic heterocycles. The highest BCUT2D eigenvalue weighted by molar-refractivity contribution is 6.05. The first-order chi connectivity index (χ1) is 11.5. The number of nitrogens with one attached hydrogen (secondary N) is 2. The third-order valence-electron chi connectivity index (χ3n) is 3.50. The minimum Gasteiger partial charge on any atom is -0.372 e. The van der Waals surface area contributed by atoms with E-state index in [2.05, 4.69) is 10.6 Å². The molecule has 0 aliphatic rings. The lowest BCUT2D eigenvalue weighted by atomic mass is 10.1. The molecule has 2 aromatic carbocycles. The summed E-state index contributed by atoms with van der Waals surface area (Å²) in [7, 11) is 0. The Labute approximate surface area is 142 Å². The lowest BCUT2D eigenvalue weighted by Crippen LogP contribution is -2.18. The number of rotatable bonds is 6. The van der Waals surface area contributed by atoms with E-state index in [1.165, 1.54) is 0 Å². The average molecular weight is 326 g/mol. The van der Waals surface area contributed by atoms with Gasteiger partial charge in [-0.15, -0.1) is 0 Å². The van der Waals surface area contributed by atoms with Crippen LogP contribution in [-0.2, 0) is 9.53 Å². The van der Waals surface area contributed by atoms with Crippen LogP contribution in [0.1, 0.15) is 28.4 Å². The van der Waals surface area contributed by atoms with Crippen LogP contribution in [0, 0.1) is 13.8 Å². The van der Waals surface area contributed by atoms with Crippen LogP contribution in [0.4, 0.5) is 11.4 Å². The van der Waals surface area contributed by atoms with E-state index in [1.807, 2.05) is 39.0 Å². The van der Waals surface area contributed by atoms with E-state index >= 15 is 0 Å². The fourth-order valence-corrected chi connectivity index (χ4v) is 2.25. The predicted octanol–water partition coefficient (Wildman–Crippen LogP) is 3.53. The van der Waals surface area contributed by atoms with Crippen molar-refractivity contribution in [2.24, 2.45) is 0 Å². The van der Waals surface area contributed by atoms with Gasteiger partial charge in [0.1, 0.15) is 6.61 Å². The highest BCUT2D eigenvalue weighted by Gasteiger charge is 2.08. The van der Waals surface area contributed by atoms with Crippen LogP contribution in [0.25, 0.3) is 0 Å². The zero-order valence-corrected chi connectivity index (χ0v) is 14.2. The molecule has 0 spiro atoms. The van der Waals surface area contributed by atoms with Gasteiger partial charge in [-0.3, -0.25) is 9.59 Å². The van der Waals surface area contributed by atoms with E-state index in [-0.39, 0.29) is 18.4 Å². The summed E-state index contributed by atoms with van der Waals surface area (Å²) >= 11 is 0. The summed E-state index contributed by atoms with van der Waals surface area (Å²) in [4.78, 5) is 23.9. The highest BCUT2D eigenvalue weighted by atomic mass is 16.5. The SMILES string of the molecule is CCOCC(=O)Nc1ccc(C(=O)Nc2ccc(C)cc2C)cc1. The molecule has 24 heavy (non-hydrogen) atoms. The van der Waals surface area contributed by atoms with Crippen molar-refractivity contribution in [2.75, 3.05) is 23.8 Å². The van der Waals surface area contributed by atoms with Crippen molar-refractivity contribution in [1.82, 2.24) is 0 Å². The maximum atomic E-state index is 12.3. The minimum absolute atomic E-state index is 0.0193. The predicted molar refractivity (Wildman–Crippen MR) is 95.4 cm³/mol. The fraction of sp³-hybridized carbons (Fsp3) is 0.263. The van der Waals surface area contributed by atoms with E-state index in [4.69, 9.17) is 4.74 Å². The number of hydrogen-bond donors (Lipinski definition) is 2. The standard InChI is InChI=1S/C19H22N2O3/c1-4-24-12-18(22)20-16-8-6-15(7-9-16)19(23)21-17-10-5-13(2)11-14(17)3/h5-11H,4,12H2,1-3H3,(H,20,22)(H,21,23). The van der Waals surface area contributed by atoms with Gasteiger partial charge in [-0.05, 0) is 56.7 Å². The molecule has 0 radical (unpaired) electrons. The molecule has 0 bridgehead atoms. The second-order valence-electron chi connectivity index (χ2n) is 5.54. The van der Waals surface area contributed by atoms with Crippen molar-refractivity contribution in [3.05, 3.63) is 59.2 Å². The Hall–Kier alpha value is -2.66. The quantitative estimate of drug-likeness (QED) is 0.853. The van der Waals surface area contributed by atoms with Crippen LogP contribution in [0.3, 0.4) is 0 Å². The van der Waals surface area contributed by atoms with Crippen LogP contribution in [-0.4, -0.2) is 25.0 Å². The Bertz CT molecular complexity index is 724. The molecule has 5 heteroatoms. The monoisotopic (exact) mass is 326 g/mol. The number of aryl methyl sites for hydroxylation is 2. The van der Waals surface area contributed by atoms with Crippen LogP contribution in [0.5, 0.6) is 0 Å². The summed E-state index contributed by atoms with van der Waals surface area (Å²) in [6.45, 7) is 6.31. The first-order valence-electron chi connectivity index (χ1n) is 7.86. The smallest absolute Gasteiger partial charge is 0.255 e. The number of ether oxygens (including phenoxy) is 1. The van der Waals surface area contributed by atoms with E-state index < -0.39 is 0 Å². The molecular formula is C19H22N2O3. The van der Waals surface area contributed by atoms with Gasteiger partial charge in [-0.2, -0.15) is 0 Å². The maximum Gasteiger partial charge on any atom is 0.255 e. The number of benzene rings is 2. The van der Waals surface area contributed by atoms with E-state index in [0.717, 1.165) is 16.8 Å². The molecule has 5 nitrogen and oxygen atoms in total. The van der Waals surface area contributed by atoms with Crippen molar-refractivity contribution in [1.29, 1.82) is 0 Å². The first-order valence-corrected chi connectivity index (χ1v) is 7.86. The molecule has 2 amide bonds. The van der Waals surface area contributed by atoms with Gasteiger partial charge < -0.3 is 15.4 Å². The van der Waals surface area contributed by atoms with E-state index in [1.54, 1.807) is 24.3 Å². The second-order valence-corrected chi connectivity index (χ2v) is 5.54. The Morgan fingerprint density at radius 1 is 1.00 bits per heavy atom. The normalized spacial score (nSPS) is 10.3. The molecule has 0 fully saturated rings. The van der Waals surface area contributed by atoms with Gasteiger partial charge in [0.05, 0.1) is 0 Å². The zero-order chi connectivity index (χ0) is 17.5. The van der Waals surface area contributed by atoms with Crippen molar-refractivity contribution in [2.45, 2.75) is 20.8 Å². The third-order valence-corrected chi connectivity index (χ3v) is 3.50. The molecule has 2 aromatic rings. The molecule has 0 saturated carbocycles. The second kappa shape index (κ2) is 8.26. The van der Waals surface area contributed by atoms with Crippen LogP contribution >= 0.6 is 0 Å². The molecule has 0 unspecified atom stereocenters. The molecule has 2 rings (SSSR count). The molecule has 0 aliphatic heterocycles. The Morgan fingerprint density at radius 2 is 1.71 bits per heavy atom. The number of amides is 2. The summed E-state index contributed by atoms with van der Waals surface area (Å²) in [5, 5.41) is 5.61. The van der Waals surface area contributed by atoms with Gasteiger partial charge in [-0.1, -0.05) is 17.7 Å². The fourth-order valence-electron chi connectivity index (χ4n) is 2.25. The van der Waals surface area contributed by atoms with E-state index in [9.17, 15) is 9.59 Å². The molecule has 0 heterocycles. The minimum atomic E-state index is -0.218. The van der Waals surface area contributed by atoms with Gasteiger partial charge in [0.2, 0.25) is 5.91 Å². The number of carbonyl (C=O) groups is 2. The summed E-state index contributed by atoms with van der Waals surface area (Å²) in [6, 6.07) is 12.6. The van der Waals surface area contributed by atoms with Gasteiger partial charge >= 0.3 is 0 Å². The lowest BCUT2D eigenvalue weighted by molar-refractivity contribution is -0.120. The van der Waals surface area contributed by atoms with Crippen LogP contribution in [0.2, 0.25) is 0 Å². The van der Waals surface area contributed by atoms with Gasteiger partial charge in [0.15, 0.2) is 0 Å². The Morgan fingerprint density at radius 3 is 2.33 bits per heavy atom. The number of carbonyl (C=O) groups excluding carboxylic acids is 2. The molecule has 2 N–H and O–H groups in total. The summed E-state index contributed by atoms with van der Waals surface area (Å²) < 4.78 is 5.04. The van der Waals surface area contributed by atoms with Crippen LogP contribution in [0.15, 0.2) is 42.5 Å². The zero-order valence-electron chi connectivity index (χ0n) is 14.2. The van der Waals surface area contributed by atoms with Gasteiger partial charge in [0.25, 0.3) is 5.91 Å². The molecule has 0 atom stereocenters. The number of anilines is 2. The summed E-state index contributed by atoms with van der Waals surface area (Å²) in [6.07, 6.45) is 0. The molecule has 0 saturated heterocycles. The van der Waals surface area contributed by atoms with Crippen molar-refractivity contribution >= 4 is 23.2 Å². The average Bonchev–Trinajstić information content (AvgIpc) is 2.56. The first kappa shape index (κ1) is 17.7. The third kappa shape index (κ3) is 4.93. The van der Waals surface area contributed by atoms with Crippen molar-refractivity contribution < 1.29 is 14.3 Å². The number of hydrogen-bond acceptors (Lipinski definition) is 3. The Balaban J connectivity index is 1.99. The van der Waals surface area contributed by atoms with Gasteiger partial charge in [-0.25, -0.2) is 0 Å². The molecule has 126 valence electrons. The highest BCUT2D eigenvalue weighted by Crippen LogP contribution is 2.18. The van der Waals surface area contributed by atoms with E-state index in [0.29, 0.717) is 17.9 Å². The topological polar surface area (TPSA) is 67.4 Å². The Kier molecular flexibility index (Phi) is 6.09. The molecule has 0 aliphatic carbocycles. The van der Waals surface area contributed by atoms with Crippen molar-refractivity contribution in [3.8, 4) is 0 Å². The maximum absolute atomic E-state index is 12.3. The lowest BCUT2D eigenvalue weighted by Gasteiger charge is -2.10.